The number of nitrogens with zero attached hydrogens (tertiary/aromatic N) is 1. The lowest BCUT2D eigenvalue weighted by atomic mass is 9.84. The molecule has 19 heavy (non-hydrogen) atoms. The third-order valence-electron chi connectivity index (χ3n) is 4.58. The first-order valence-corrected chi connectivity index (χ1v) is 7.98. The number of hydrogen-bond acceptors (Lipinski definition) is 3. The molecular formula is C16H34N2O. The van der Waals surface area contributed by atoms with E-state index in [9.17, 15) is 5.11 Å². The molecule has 3 atom stereocenters. The Balaban J connectivity index is 2.47. The maximum Gasteiger partial charge on any atom is 0.0589 e. The maximum atomic E-state index is 9.52. The number of rotatable bonds is 7. The summed E-state index contributed by atoms with van der Waals surface area (Å²) in [4.78, 5) is 2.48. The third-order valence-corrected chi connectivity index (χ3v) is 4.58. The molecule has 3 nitrogen and oxygen atoms in total. The van der Waals surface area contributed by atoms with E-state index in [1.54, 1.807) is 0 Å². The molecule has 0 spiro atoms. The Hall–Kier alpha value is -0.120. The quantitative estimate of drug-likeness (QED) is 0.746. The summed E-state index contributed by atoms with van der Waals surface area (Å²) in [6.07, 6.45) is 3.59. The van der Waals surface area contributed by atoms with Gasteiger partial charge in [0.1, 0.15) is 0 Å². The molecule has 0 saturated carbocycles. The first-order chi connectivity index (χ1) is 8.90. The van der Waals surface area contributed by atoms with Gasteiger partial charge in [-0.15, -0.1) is 0 Å². The molecule has 0 bridgehead atoms. The molecule has 1 rings (SSSR count). The van der Waals surface area contributed by atoms with Crippen molar-refractivity contribution in [1.29, 1.82) is 0 Å². The second-order valence-electron chi connectivity index (χ2n) is 7.21. The molecule has 0 aromatic carbocycles. The molecule has 3 heteroatoms. The summed E-state index contributed by atoms with van der Waals surface area (Å²) in [5.74, 6) is 0.640. The average molecular weight is 270 g/mol. The molecule has 0 aliphatic carbocycles. The summed E-state index contributed by atoms with van der Waals surface area (Å²) < 4.78 is 0. The van der Waals surface area contributed by atoms with Crippen LogP contribution in [-0.2, 0) is 0 Å². The van der Waals surface area contributed by atoms with E-state index in [1.165, 1.54) is 19.3 Å². The van der Waals surface area contributed by atoms with Gasteiger partial charge < -0.3 is 10.4 Å². The number of aliphatic hydroxyl groups is 1. The van der Waals surface area contributed by atoms with Crippen LogP contribution in [0.1, 0.15) is 53.9 Å². The second kappa shape index (κ2) is 7.61. The van der Waals surface area contributed by atoms with Gasteiger partial charge >= 0.3 is 0 Å². The molecule has 3 unspecified atom stereocenters. The minimum Gasteiger partial charge on any atom is -0.395 e. The van der Waals surface area contributed by atoms with Crippen molar-refractivity contribution in [3.63, 3.8) is 0 Å². The summed E-state index contributed by atoms with van der Waals surface area (Å²) in [6.45, 7) is 15.1. The second-order valence-corrected chi connectivity index (χ2v) is 7.21. The highest BCUT2D eigenvalue weighted by Crippen LogP contribution is 2.26. The van der Waals surface area contributed by atoms with Crippen LogP contribution in [0, 0.1) is 11.3 Å². The zero-order valence-corrected chi connectivity index (χ0v) is 13.6. The lowest BCUT2D eigenvalue weighted by Crippen LogP contribution is -2.44. The van der Waals surface area contributed by atoms with Crippen LogP contribution in [0.3, 0.4) is 0 Å². The van der Waals surface area contributed by atoms with Crippen molar-refractivity contribution in [2.75, 3.05) is 26.2 Å². The molecule has 1 aliphatic rings. The van der Waals surface area contributed by atoms with E-state index < -0.39 is 0 Å². The highest BCUT2D eigenvalue weighted by molar-refractivity contribution is 4.87. The van der Waals surface area contributed by atoms with Gasteiger partial charge in [0.15, 0.2) is 0 Å². The topological polar surface area (TPSA) is 35.5 Å². The monoisotopic (exact) mass is 270 g/mol. The lowest BCUT2D eigenvalue weighted by Gasteiger charge is -2.34. The van der Waals surface area contributed by atoms with E-state index in [0.29, 0.717) is 30.0 Å². The first-order valence-electron chi connectivity index (χ1n) is 7.98. The highest BCUT2D eigenvalue weighted by Gasteiger charge is 2.31. The molecule has 0 radical (unpaired) electrons. The van der Waals surface area contributed by atoms with Gasteiger partial charge in [-0.1, -0.05) is 34.6 Å². The fraction of sp³-hybridized carbons (Fsp3) is 1.00. The standard InChI is InChI=1S/C16H34N2O/c1-6-9-17-15(16(3,4)5)8-11-18-10-7-13(2)14(18)12-19/h13-15,17,19H,6-12H2,1-5H3. The van der Waals surface area contributed by atoms with Gasteiger partial charge in [0, 0.05) is 18.6 Å². The smallest absolute Gasteiger partial charge is 0.0589 e. The molecule has 0 amide bonds. The molecule has 1 aliphatic heterocycles. The van der Waals surface area contributed by atoms with E-state index in [1.807, 2.05) is 0 Å². The number of hydrogen-bond donors (Lipinski definition) is 2. The van der Waals surface area contributed by atoms with E-state index in [-0.39, 0.29) is 0 Å². The van der Waals surface area contributed by atoms with Crippen LogP contribution in [0.15, 0.2) is 0 Å². The maximum absolute atomic E-state index is 9.52. The number of aliphatic hydroxyl groups excluding tert-OH is 1. The van der Waals surface area contributed by atoms with Crippen molar-refractivity contribution < 1.29 is 5.11 Å². The number of likely N-dealkylation sites (tertiary alicyclic amines) is 1. The van der Waals surface area contributed by atoms with Gasteiger partial charge in [-0.3, -0.25) is 4.90 Å². The Morgan fingerprint density at radius 2 is 2.05 bits per heavy atom. The summed E-state index contributed by atoms with van der Waals surface area (Å²) in [5, 5.41) is 13.2. The van der Waals surface area contributed by atoms with Crippen LogP contribution >= 0.6 is 0 Å². The van der Waals surface area contributed by atoms with Gasteiger partial charge in [0.2, 0.25) is 0 Å². The SMILES string of the molecule is CCCNC(CCN1CCC(C)C1CO)C(C)(C)C. The van der Waals surface area contributed by atoms with Crippen LogP contribution < -0.4 is 5.32 Å². The van der Waals surface area contributed by atoms with Crippen molar-refractivity contribution in [2.24, 2.45) is 11.3 Å². The molecule has 0 aromatic heterocycles. The van der Waals surface area contributed by atoms with E-state index in [0.717, 1.165) is 19.6 Å². The minimum atomic E-state index is 0.301. The summed E-state index contributed by atoms with van der Waals surface area (Å²) in [6, 6.07) is 0.939. The van der Waals surface area contributed by atoms with E-state index >= 15 is 0 Å². The van der Waals surface area contributed by atoms with Gasteiger partial charge in [-0.05, 0) is 43.7 Å². The Bertz CT molecular complexity index is 250. The Morgan fingerprint density at radius 1 is 1.37 bits per heavy atom. The molecule has 114 valence electrons. The van der Waals surface area contributed by atoms with Crippen molar-refractivity contribution in [3.05, 3.63) is 0 Å². The fourth-order valence-corrected chi connectivity index (χ4v) is 3.12. The van der Waals surface area contributed by atoms with Crippen LogP contribution in [-0.4, -0.2) is 48.3 Å². The lowest BCUT2D eigenvalue weighted by molar-refractivity contribution is 0.127. The van der Waals surface area contributed by atoms with Crippen LogP contribution in [0.5, 0.6) is 0 Å². The zero-order chi connectivity index (χ0) is 14.5. The number of nitrogens with one attached hydrogen (secondary N) is 1. The average Bonchev–Trinajstić information content (AvgIpc) is 2.68. The largest absolute Gasteiger partial charge is 0.395 e. The summed E-state index contributed by atoms with van der Waals surface area (Å²) >= 11 is 0. The predicted molar refractivity (Wildman–Crippen MR) is 82.4 cm³/mol. The Morgan fingerprint density at radius 3 is 2.58 bits per heavy atom. The Labute approximate surface area is 119 Å². The van der Waals surface area contributed by atoms with Gasteiger partial charge in [-0.2, -0.15) is 0 Å². The van der Waals surface area contributed by atoms with Crippen molar-refractivity contribution in [1.82, 2.24) is 10.2 Å². The molecule has 0 aromatic rings. The third kappa shape index (κ3) is 5.05. The van der Waals surface area contributed by atoms with Gasteiger partial charge in [-0.25, -0.2) is 0 Å². The van der Waals surface area contributed by atoms with Crippen LogP contribution in [0.25, 0.3) is 0 Å². The van der Waals surface area contributed by atoms with Crippen molar-refractivity contribution in [3.8, 4) is 0 Å². The normalized spacial score (nSPS) is 26.8. The van der Waals surface area contributed by atoms with Crippen molar-refractivity contribution >= 4 is 0 Å². The summed E-state index contributed by atoms with van der Waals surface area (Å²) in [5.41, 5.74) is 0.301. The van der Waals surface area contributed by atoms with E-state index in [2.05, 4.69) is 44.8 Å². The Kier molecular flexibility index (Phi) is 6.78. The predicted octanol–water partition coefficient (Wildman–Crippen LogP) is 2.49. The van der Waals surface area contributed by atoms with Crippen LogP contribution in [0.4, 0.5) is 0 Å². The molecule has 1 heterocycles. The molecule has 2 N–H and O–H groups in total. The summed E-state index contributed by atoms with van der Waals surface area (Å²) in [7, 11) is 0. The molecular weight excluding hydrogens is 236 g/mol. The van der Waals surface area contributed by atoms with Gasteiger partial charge in [0.05, 0.1) is 6.61 Å². The molecule has 1 saturated heterocycles. The fourth-order valence-electron chi connectivity index (χ4n) is 3.12. The van der Waals surface area contributed by atoms with E-state index in [4.69, 9.17) is 0 Å². The van der Waals surface area contributed by atoms with Crippen molar-refractivity contribution in [2.45, 2.75) is 66.0 Å². The zero-order valence-electron chi connectivity index (χ0n) is 13.6. The first kappa shape index (κ1) is 16.9. The van der Waals surface area contributed by atoms with Gasteiger partial charge in [0.25, 0.3) is 0 Å². The minimum absolute atomic E-state index is 0.301. The highest BCUT2D eigenvalue weighted by atomic mass is 16.3. The molecule has 1 fully saturated rings. The van der Waals surface area contributed by atoms with Crippen LogP contribution in [0.2, 0.25) is 0 Å².